The normalized spacial score (nSPS) is 12.5. The first-order valence-corrected chi connectivity index (χ1v) is 8.00. The lowest BCUT2D eigenvalue weighted by Crippen LogP contribution is -2.15. The molecule has 0 unspecified atom stereocenters. The van der Waals surface area contributed by atoms with Gasteiger partial charge in [0.15, 0.2) is 11.5 Å². The van der Waals surface area contributed by atoms with Crippen LogP contribution < -0.4 is 14.8 Å². The highest BCUT2D eigenvalue weighted by Gasteiger charge is 2.11. The van der Waals surface area contributed by atoms with Crippen molar-refractivity contribution in [2.75, 3.05) is 18.5 Å². The summed E-state index contributed by atoms with van der Waals surface area (Å²) in [7, 11) is 0. The van der Waals surface area contributed by atoms with Crippen molar-refractivity contribution in [2.24, 2.45) is 0 Å². The summed E-state index contributed by atoms with van der Waals surface area (Å²) in [4.78, 5) is 15.2. The van der Waals surface area contributed by atoms with Crippen LogP contribution in [0, 0.1) is 0 Å². The van der Waals surface area contributed by atoms with E-state index in [0.29, 0.717) is 18.8 Å². The Balaban J connectivity index is 1.51. The SMILES string of the molecule is O=Cc1ccc(-c2ccc(Nc3ccc4c(c3)OCCO4)nc2)cc1. The van der Waals surface area contributed by atoms with Crippen LogP contribution in [0.25, 0.3) is 11.1 Å². The van der Waals surface area contributed by atoms with Crippen LogP contribution in [0.4, 0.5) is 11.5 Å². The van der Waals surface area contributed by atoms with Crippen LogP contribution in [-0.2, 0) is 0 Å². The fourth-order valence-corrected chi connectivity index (χ4v) is 2.66. The van der Waals surface area contributed by atoms with E-state index in [2.05, 4.69) is 10.3 Å². The van der Waals surface area contributed by atoms with E-state index in [4.69, 9.17) is 9.47 Å². The van der Waals surface area contributed by atoms with Crippen molar-refractivity contribution in [3.8, 4) is 22.6 Å². The molecule has 0 aliphatic carbocycles. The maximum atomic E-state index is 10.7. The first-order valence-electron chi connectivity index (χ1n) is 8.00. The van der Waals surface area contributed by atoms with E-state index in [1.54, 1.807) is 18.3 Å². The molecule has 0 saturated heterocycles. The molecule has 0 saturated carbocycles. The molecule has 0 atom stereocenters. The van der Waals surface area contributed by atoms with Crippen molar-refractivity contribution < 1.29 is 14.3 Å². The van der Waals surface area contributed by atoms with Gasteiger partial charge >= 0.3 is 0 Å². The first kappa shape index (κ1) is 15.2. The summed E-state index contributed by atoms with van der Waals surface area (Å²) in [5.74, 6) is 2.24. The summed E-state index contributed by atoms with van der Waals surface area (Å²) in [5.41, 5.74) is 3.56. The van der Waals surface area contributed by atoms with Gasteiger partial charge in [0.25, 0.3) is 0 Å². The number of benzene rings is 2. The zero-order chi connectivity index (χ0) is 17.1. The minimum atomic E-state index is 0.562. The summed E-state index contributed by atoms with van der Waals surface area (Å²) in [6.45, 7) is 1.14. The molecule has 0 fully saturated rings. The first-order chi connectivity index (χ1) is 12.3. The highest BCUT2D eigenvalue weighted by molar-refractivity contribution is 5.77. The number of fused-ring (bicyclic) bond motifs is 1. The molecule has 1 aliphatic rings. The molecule has 124 valence electrons. The van der Waals surface area contributed by atoms with E-state index in [-0.39, 0.29) is 0 Å². The summed E-state index contributed by atoms with van der Waals surface area (Å²) in [6.07, 6.45) is 2.64. The summed E-state index contributed by atoms with van der Waals surface area (Å²) < 4.78 is 11.1. The highest BCUT2D eigenvalue weighted by atomic mass is 16.6. The number of nitrogens with one attached hydrogen (secondary N) is 1. The van der Waals surface area contributed by atoms with Crippen molar-refractivity contribution in [1.82, 2.24) is 4.98 Å². The Morgan fingerprint density at radius 1 is 0.880 bits per heavy atom. The van der Waals surface area contributed by atoms with Gasteiger partial charge in [0, 0.05) is 29.1 Å². The van der Waals surface area contributed by atoms with Crippen LogP contribution in [0.15, 0.2) is 60.8 Å². The number of aromatic nitrogens is 1. The van der Waals surface area contributed by atoms with Gasteiger partial charge in [0.05, 0.1) is 0 Å². The van der Waals surface area contributed by atoms with E-state index in [1.807, 2.05) is 42.5 Å². The minimum Gasteiger partial charge on any atom is -0.486 e. The van der Waals surface area contributed by atoms with Gasteiger partial charge in [-0.15, -0.1) is 0 Å². The van der Waals surface area contributed by atoms with E-state index in [0.717, 1.165) is 40.4 Å². The van der Waals surface area contributed by atoms with Gasteiger partial charge in [-0.2, -0.15) is 0 Å². The molecule has 0 spiro atoms. The Hall–Kier alpha value is -3.34. The molecule has 1 N–H and O–H groups in total. The molecule has 1 aromatic heterocycles. The highest BCUT2D eigenvalue weighted by Crippen LogP contribution is 2.33. The van der Waals surface area contributed by atoms with Crippen molar-refractivity contribution in [3.05, 3.63) is 66.4 Å². The van der Waals surface area contributed by atoms with Gasteiger partial charge in [-0.3, -0.25) is 4.79 Å². The molecule has 0 bridgehead atoms. The number of pyridine rings is 1. The molecule has 4 rings (SSSR count). The molecule has 25 heavy (non-hydrogen) atoms. The quantitative estimate of drug-likeness (QED) is 0.730. The lowest BCUT2D eigenvalue weighted by atomic mass is 10.1. The van der Waals surface area contributed by atoms with Gasteiger partial charge in [-0.05, 0) is 29.8 Å². The Morgan fingerprint density at radius 2 is 1.64 bits per heavy atom. The fraction of sp³-hybridized carbons (Fsp3) is 0.100. The van der Waals surface area contributed by atoms with Crippen LogP contribution in [-0.4, -0.2) is 24.5 Å². The number of ether oxygens (including phenoxy) is 2. The Labute approximate surface area is 145 Å². The average Bonchev–Trinajstić information content (AvgIpc) is 2.69. The summed E-state index contributed by atoms with van der Waals surface area (Å²) in [5, 5.41) is 3.26. The molecule has 2 aromatic carbocycles. The van der Waals surface area contributed by atoms with E-state index >= 15 is 0 Å². The number of aldehydes is 1. The Kier molecular flexibility index (Phi) is 4.04. The maximum Gasteiger partial charge on any atom is 0.163 e. The third-order valence-corrected chi connectivity index (χ3v) is 3.96. The van der Waals surface area contributed by atoms with Crippen LogP contribution >= 0.6 is 0 Å². The third-order valence-electron chi connectivity index (χ3n) is 3.96. The lowest BCUT2D eigenvalue weighted by Gasteiger charge is -2.19. The molecule has 2 heterocycles. The number of hydrogen-bond acceptors (Lipinski definition) is 5. The topological polar surface area (TPSA) is 60.5 Å². The van der Waals surface area contributed by atoms with E-state index in [1.165, 1.54) is 0 Å². The van der Waals surface area contributed by atoms with Crippen LogP contribution in [0.3, 0.4) is 0 Å². The van der Waals surface area contributed by atoms with Crippen molar-refractivity contribution in [3.63, 3.8) is 0 Å². The monoisotopic (exact) mass is 332 g/mol. The molecule has 5 heteroatoms. The number of carbonyl (C=O) groups is 1. The number of anilines is 2. The molecule has 0 amide bonds. The van der Waals surface area contributed by atoms with E-state index in [9.17, 15) is 4.79 Å². The standard InChI is InChI=1S/C20H16N2O3/c23-13-14-1-3-15(4-2-14)16-5-8-20(21-12-16)22-17-6-7-18-19(11-17)25-10-9-24-18/h1-8,11-13H,9-10H2,(H,21,22). The molecule has 3 aromatic rings. The van der Waals surface area contributed by atoms with Gasteiger partial charge in [0.1, 0.15) is 25.3 Å². The van der Waals surface area contributed by atoms with Gasteiger partial charge in [-0.25, -0.2) is 4.98 Å². The lowest BCUT2D eigenvalue weighted by molar-refractivity contribution is 0.112. The molecule has 1 aliphatic heterocycles. The van der Waals surface area contributed by atoms with Gasteiger partial charge in [-0.1, -0.05) is 24.3 Å². The zero-order valence-corrected chi connectivity index (χ0v) is 13.4. The van der Waals surface area contributed by atoms with Crippen molar-refractivity contribution in [2.45, 2.75) is 0 Å². The largest absolute Gasteiger partial charge is 0.486 e. The minimum absolute atomic E-state index is 0.562. The molecular weight excluding hydrogens is 316 g/mol. The smallest absolute Gasteiger partial charge is 0.163 e. The zero-order valence-electron chi connectivity index (χ0n) is 13.4. The second-order valence-corrected chi connectivity index (χ2v) is 5.66. The number of carbonyl (C=O) groups excluding carboxylic acids is 1. The summed E-state index contributed by atoms with van der Waals surface area (Å²) >= 11 is 0. The van der Waals surface area contributed by atoms with Crippen molar-refractivity contribution >= 4 is 17.8 Å². The fourth-order valence-electron chi connectivity index (χ4n) is 2.66. The molecule has 0 radical (unpaired) electrons. The molecular formula is C20H16N2O3. The summed E-state index contributed by atoms with van der Waals surface area (Å²) in [6, 6.07) is 17.0. The number of hydrogen-bond donors (Lipinski definition) is 1. The molecule has 5 nitrogen and oxygen atoms in total. The Morgan fingerprint density at radius 3 is 2.36 bits per heavy atom. The second-order valence-electron chi connectivity index (χ2n) is 5.66. The third kappa shape index (κ3) is 3.30. The van der Waals surface area contributed by atoms with Crippen LogP contribution in [0.1, 0.15) is 10.4 Å². The average molecular weight is 332 g/mol. The maximum absolute atomic E-state index is 10.7. The number of rotatable bonds is 4. The van der Waals surface area contributed by atoms with Crippen molar-refractivity contribution in [1.29, 1.82) is 0 Å². The Bertz CT molecular complexity index is 890. The van der Waals surface area contributed by atoms with Gasteiger partial charge in [0.2, 0.25) is 0 Å². The van der Waals surface area contributed by atoms with E-state index < -0.39 is 0 Å². The second kappa shape index (κ2) is 6.65. The van der Waals surface area contributed by atoms with Gasteiger partial charge < -0.3 is 14.8 Å². The number of nitrogens with zero attached hydrogens (tertiary/aromatic N) is 1. The van der Waals surface area contributed by atoms with Crippen LogP contribution in [0.2, 0.25) is 0 Å². The predicted octanol–water partition coefficient (Wildman–Crippen LogP) is 4.08. The predicted molar refractivity (Wildman–Crippen MR) is 95.8 cm³/mol. The van der Waals surface area contributed by atoms with Crippen LogP contribution in [0.5, 0.6) is 11.5 Å².